The molecule has 11 heteroatoms. The maximum absolute atomic E-state index is 12.3. The van der Waals surface area contributed by atoms with Crippen molar-refractivity contribution in [2.45, 2.75) is 57.8 Å². The Balaban J connectivity index is 4.74. The van der Waals surface area contributed by atoms with E-state index < -0.39 is 42.0 Å². The Kier molecular flexibility index (Phi) is 10.2. The number of carboxylic acid groups (broad SMARTS) is 1. The maximum atomic E-state index is 12.3. The summed E-state index contributed by atoms with van der Waals surface area (Å²) in [6, 6.07) is -3.41. The molecule has 0 bridgehead atoms. The topological polar surface area (TPSA) is 204 Å². The summed E-state index contributed by atoms with van der Waals surface area (Å²) >= 11 is 0. The van der Waals surface area contributed by atoms with Gasteiger partial charge in [0, 0.05) is 6.54 Å². The average Bonchev–Trinajstić information content (AvgIpc) is 2.52. The molecule has 0 saturated heterocycles. The fraction of sp³-hybridized carbons (Fsp3) is 0.733. The highest BCUT2D eigenvalue weighted by Crippen LogP contribution is 2.04. The van der Waals surface area contributed by atoms with Gasteiger partial charge in [0.25, 0.3) is 0 Å². The van der Waals surface area contributed by atoms with Crippen LogP contribution < -0.4 is 27.4 Å². The van der Waals surface area contributed by atoms with E-state index in [1.807, 2.05) is 0 Å². The second-order valence-electron chi connectivity index (χ2n) is 6.38. The van der Waals surface area contributed by atoms with E-state index in [2.05, 4.69) is 16.0 Å². The van der Waals surface area contributed by atoms with Crippen molar-refractivity contribution in [3.8, 4) is 0 Å². The first-order valence-corrected chi connectivity index (χ1v) is 8.32. The minimum Gasteiger partial charge on any atom is -0.480 e. The van der Waals surface area contributed by atoms with E-state index >= 15 is 0 Å². The molecule has 0 spiro atoms. The monoisotopic (exact) mass is 374 g/mol. The summed E-state index contributed by atoms with van der Waals surface area (Å²) in [6.07, 6.45) is -0.509. The lowest BCUT2D eigenvalue weighted by Gasteiger charge is -2.25. The number of nitrogens with two attached hydrogens (primary N) is 2. The first-order valence-electron chi connectivity index (χ1n) is 8.32. The lowest BCUT2D eigenvalue weighted by atomic mass is 10.0. The molecular formula is C15H30N6O5. The van der Waals surface area contributed by atoms with E-state index in [0.717, 1.165) is 0 Å². The van der Waals surface area contributed by atoms with Crippen LogP contribution in [0.1, 0.15) is 33.6 Å². The highest BCUT2D eigenvalue weighted by Gasteiger charge is 2.31. The third-order valence-electron chi connectivity index (χ3n) is 3.64. The summed E-state index contributed by atoms with van der Waals surface area (Å²) in [5.41, 5.74) is 10.9. The number of carboxylic acids is 1. The summed E-state index contributed by atoms with van der Waals surface area (Å²) in [5, 5.41) is 33.1. The molecule has 150 valence electrons. The van der Waals surface area contributed by atoms with Gasteiger partial charge >= 0.3 is 5.97 Å². The Morgan fingerprint density at radius 3 is 2.04 bits per heavy atom. The van der Waals surface area contributed by atoms with Crippen LogP contribution in [0.5, 0.6) is 0 Å². The van der Waals surface area contributed by atoms with Crippen LogP contribution in [-0.2, 0) is 14.4 Å². The molecule has 0 fully saturated rings. The predicted octanol–water partition coefficient (Wildman–Crippen LogP) is -2.33. The molecule has 10 N–H and O–H groups in total. The number of carbonyl (C=O) groups is 3. The number of aliphatic hydroxyl groups excluding tert-OH is 1. The van der Waals surface area contributed by atoms with E-state index in [0.29, 0.717) is 13.0 Å². The molecule has 0 heterocycles. The first-order chi connectivity index (χ1) is 12.0. The quantitative estimate of drug-likeness (QED) is 0.112. The molecule has 0 aliphatic carbocycles. The van der Waals surface area contributed by atoms with Crippen molar-refractivity contribution in [3.63, 3.8) is 0 Å². The molecule has 11 nitrogen and oxygen atoms in total. The van der Waals surface area contributed by atoms with Crippen LogP contribution in [0.25, 0.3) is 0 Å². The molecule has 2 amide bonds. The van der Waals surface area contributed by atoms with Gasteiger partial charge in [-0.15, -0.1) is 0 Å². The summed E-state index contributed by atoms with van der Waals surface area (Å²) < 4.78 is 0. The molecule has 26 heavy (non-hydrogen) atoms. The van der Waals surface area contributed by atoms with E-state index in [1.54, 1.807) is 13.8 Å². The van der Waals surface area contributed by atoms with E-state index in [9.17, 15) is 19.5 Å². The number of hydrogen-bond acceptors (Lipinski definition) is 6. The molecule has 0 aromatic heterocycles. The van der Waals surface area contributed by atoms with Gasteiger partial charge in [0.05, 0.1) is 12.1 Å². The van der Waals surface area contributed by atoms with Crippen molar-refractivity contribution in [3.05, 3.63) is 0 Å². The van der Waals surface area contributed by atoms with Crippen molar-refractivity contribution >= 4 is 23.7 Å². The van der Waals surface area contributed by atoms with Crippen molar-refractivity contribution in [1.82, 2.24) is 16.0 Å². The second-order valence-corrected chi connectivity index (χ2v) is 6.38. The minimum absolute atomic E-state index is 0.188. The van der Waals surface area contributed by atoms with Crippen molar-refractivity contribution in [1.29, 1.82) is 5.41 Å². The van der Waals surface area contributed by atoms with Gasteiger partial charge in [0.1, 0.15) is 12.1 Å². The molecule has 0 rings (SSSR count). The Hall–Kier alpha value is -2.40. The third kappa shape index (κ3) is 8.62. The Morgan fingerprint density at radius 1 is 1.08 bits per heavy atom. The number of guanidine groups is 1. The van der Waals surface area contributed by atoms with E-state index in [-0.39, 0.29) is 18.3 Å². The Labute approximate surface area is 152 Å². The van der Waals surface area contributed by atoms with Gasteiger partial charge in [-0.05, 0) is 25.7 Å². The zero-order valence-electron chi connectivity index (χ0n) is 15.3. The van der Waals surface area contributed by atoms with Gasteiger partial charge in [-0.2, -0.15) is 0 Å². The Bertz CT molecular complexity index is 511. The number of aliphatic carboxylic acids is 1. The summed E-state index contributed by atoms with van der Waals surface area (Å²) in [7, 11) is 0. The molecule has 0 aromatic carbocycles. The lowest BCUT2D eigenvalue weighted by molar-refractivity contribution is -0.144. The molecule has 0 radical (unpaired) electrons. The van der Waals surface area contributed by atoms with E-state index in [4.69, 9.17) is 22.0 Å². The number of nitrogens with one attached hydrogen (secondary N) is 4. The molecule has 0 aliphatic heterocycles. The van der Waals surface area contributed by atoms with Gasteiger partial charge in [-0.25, -0.2) is 4.79 Å². The van der Waals surface area contributed by atoms with Crippen LogP contribution in [0, 0.1) is 11.3 Å². The molecule has 0 aliphatic rings. The van der Waals surface area contributed by atoms with Crippen LogP contribution in [0.15, 0.2) is 0 Å². The van der Waals surface area contributed by atoms with Gasteiger partial charge in [-0.1, -0.05) is 13.8 Å². The fourth-order valence-corrected chi connectivity index (χ4v) is 2.10. The lowest BCUT2D eigenvalue weighted by Crippen LogP contribution is -2.58. The minimum atomic E-state index is -1.33. The van der Waals surface area contributed by atoms with Gasteiger partial charge in [0.2, 0.25) is 11.8 Å². The summed E-state index contributed by atoms with van der Waals surface area (Å²) in [6.45, 7) is 4.92. The van der Waals surface area contributed by atoms with E-state index in [1.165, 1.54) is 6.92 Å². The number of carbonyl (C=O) groups excluding carboxylic acids is 2. The zero-order chi connectivity index (χ0) is 20.4. The molecule has 0 saturated carbocycles. The van der Waals surface area contributed by atoms with Crippen LogP contribution in [0.3, 0.4) is 0 Å². The molecule has 4 atom stereocenters. The summed E-state index contributed by atoms with van der Waals surface area (Å²) in [4.78, 5) is 35.6. The number of rotatable bonds is 11. The zero-order valence-corrected chi connectivity index (χ0v) is 15.3. The van der Waals surface area contributed by atoms with Gasteiger partial charge in [0.15, 0.2) is 5.96 Å². The van der Waals surface area contributed by atoms with Crippen LogP contribution in [-0.4, -0.2) is 64.7 Å². The fourth-order valence-electron chi connectivity index (χ4n) is 2.10. The Morgan fingerprint density at radius 2 is 1.62 bits per heavy atom. The molecule has 0 aromatic rings. The van der Waals surface area contributed by atoms with Gasteiger partial charge < -0.3 is 37.6 Å². The molecule has 0 unspecified atom stereocenters. The SMILES string of the molecule is CC(C)[C@H](NC(=O)[C@@H](NC(=O)[C@@H](N)CCCNC(=N)N)[C@@H](C)O)C(=O)O. The number of aliphatic hydroxyl groups is 1. The highest BCUT2D eigenvalue weighted by molar-refractivity contribution is 5.92. The van der Waals surface area contributed by atoms with Crippen molar-refractivity contribution in [2.24, 2.45) is 17.4 Å². The largest absolute Gasteiger partial charge is 0.480 e. The standard InChI is InChI=1S/C15H30N6O5/c1-7(2)10(14(25)26)20-13(24)11(8(3)22)21-12(23)9(16)5-4-6-19-15(17)18/h7-11,22H,4-6,16H2,1-3H3,(H,20,24)(H,21,23)(H,25,26)(H4,17,18,19)/t8-,9+,10+,11+/m1/s1. The van der Waals surface area contributed by atoms with Crippen LogP contribution >= 0.6 is 0 Å². The smallest absolute Gasteiger partial charge is 0.326 e. The maximum Gasteiger partial charge on any atom is 0.326 e. The van der Waals surface area contributed by atoms with Crippen LogP contribution in [0.4, 0.5) is 0 Å². The number of amides is 2. The van der Waals surface area contributed by atoms with Crippen LogP contribution in [0.2, 0.25) is 0 Å². The second kappa shape index (κ2) is 11.3. The molecular weight excluding hydrogens is 344 g/mol. The van der Waals surface area contributed by atoms with Crippen molar-refractivity contribution < 1.29 is 24.6 Å². The average molecular weight is 374 g/mol. The normalized spacial score (nSPS) is 15.5. The first kappa shape index (κ1) is 23.6. The van der Waals surface area contributed by atoms with Gasteiger partial charge in [-0.3, -0.25) is 15.0 Å². The summed E-state index contributed by atoms with van der Waals surface area (Å²) in [5.74, 6) is -3.23. The third-order valence-corrected chi connectivity index (χ3v) is 3.64. The predicted molar refractivity (Wildman–Crippen MR) is 95.1 cm³/mol. The number of hydrogen-bond donors (Lipinski definition) is 8. The highest BCUT2D eigenvalue weighted by atomic mass is 16.4. The van der Waals surface area contributed by atoms with Crippen molar-refractivity contribution in [2.75, 3.05) is 6.54 Å².